The fourth-order valence-corrected chi connectivity index (χ4v) is 1.85. The predicted molar refractivity (Wildman–Crippen MR) is 80.1 cm³/mol. The highest BCUT2D eigenvalue weighted by Crippen LogP contribution is 2.20. The number of aromatic nitrogens is 2. The van der Waals surface area contributed by atoms with E-state index in [4.69, 9.17) is 11.6 Å². The second-order valence-corrected chi connectivity index (χ2v) is 5.00. The van der Waals surface area contributed by atoms with Crippen molar-refractivity contribution in [2.24, 2.45) is 0 Å². The Morgan fingerprint density at radius 2 is 1.95 bits per heavy atom. The van der Waals surface area contributed by atoms with Gasteiger partial charge in [-0.1, -0.05) is 37.6 Å². The van der Waals surface area contributed by atoms with E-state index in [0.717, 1.165) is 12.1 Å². The van der Waals surface area contributed by atoms with Crippen LogP contribution in [0.4, 0.5) is 5.69 Å². The SMILES string of the molecule is CCC(C)c1ccc(NC(=O)c2cnc(Cl)cn2)cc1. The van der Waals surface area contributed by atoms with Gasteiger partial charge < -0.3 is 5.32 Å². The van der Waals surface area contributed by atoms with Crippen LogP contribution in [-0.2, 0) is 0 Å². The lowest BCUT2D eigenvalue weighted by Gasteiger charge is -2.10. The van der Waals surface area contributed by atoms with Gasteiger partial charge >= 0.3 is 0 Å². The van der Waals surface area contributed by atoms with Gasteiger partial charge in [-0.05, 0) is 30.0 Å². The molecule has 104 valence electrons. The number of nitrogens with zero attached hydrogens (tertiary/aromatic N) is 2. The average Bonchev–Trinajstić information content (AvgIpc) is 2.48. The molecule has 4 nitrogen and oxygen atoms in total. The molecule has 0 saturated heterocycles. The minimum atomic E-state index is -0.301. The lowest BCUT2D eigenvalue weighted by atomic mass is 9.99. The van der Waals surface area contributed by atoms with E-state index < -0.39 is 0 Å². The van der Waals surface area contributed by atoms with Crippen LogP contribution in [0.1, 0.15) is 42.2 Å². The van der Waals surface area contributed by atoms with Gasteiger partial charge in [-0.25, -0.2) is 9.97 Å². The molecular formula is C15H16ClN3O. The predicted octanol–water partition coefficient (Wildman–Crippen LogP) is 3.90. The molecule has 0 aliphatic rings. The van der Waals surface area contributed by atoms with Gasteiger partial charge in [0, 0.05) is 5.69 Å². The van der Waals surface area contributed by atoms with Gasteiger partial charge in [0.15, 0.2) is 0 Å². The van der Waals surface area contributed by atoms with E-state index in [2.05, 4.69) is 29.1 Å². The molecule has 0 bridgehead atoms. The third-order valence-electron chi connectivity index (χ3n) is 3.20. The molecule has 0 aliphatic carbocycles. The standard InChI is InChI=1S/C15H16ClN3O/c1-3-10(2)11-4-6-12(7-5-11)19-15(20)13-8-18-14(16)9-17-13/h4-10H,3H2,1-2H3,(H,19,20). The lowest BCUT2D eigenvalue weighted by molar-refractivity contribution is 0.102. The second kappa shape index (κ2) is 6.48. The molecule has 0 spiro atoms. The number of anilines is 1. The molecule has 0 saturated carbocycles. The molecule has 0 aliphatic heterocycles. The summed E-state index contributed by atoms with van der Waals surface area (Å²) >= 11 is 5.63. The zero-order valence-corrected chi connectivity index (χ0v) is 12.2. The fraction of sp³-hybridized carbons (Fsp3) is 0.267. The van der Waals surface area contributed by atoms with Crippen molar-refractivity contribution in [3.05, 3.63) is 53.1 Å². The number of halogens is 1. The van der Waals surface area contributed by atoms with Crippen molar-refractivity contribution in [1.29, 1.82) is 0 Å². The molecule has 0 radical (unpaired) electrons. The van der Waals surface area contributed by atoms with Crippen LogP contribution >= 0.6 is 11.6 Å². The maximum absolute atomic E-state index is 11.9. The number of rotatable bonds is 4. The van der Waals surface area contributed by atoms with E-state index in [1.165, 1.54) is 18.0 Å². The lowest BCUT2D eigenvalue weighted by Crippen LogP contribution is -2.13. The topological polar surface area (TPSA) is 54.9 Å². The van der Waals surface area contributed by atoms with Crippen LogP contribution in [0.2, 0.25) is 5.15 Å². The summed E-state index contributed by atoms with van der Waals surface area (Å²) in [5.74, 6) is 0.215. The van der Waals surface area contributed by atoms with E-state index in [9.17, 15) is 4.79 Å². The molecule has 2 aromatic rings. The summed E-state index contributed by atoms with van der Waals surface area (Å²) < 4.78 is 0. The van der Waals surface area contributed by atoms with Gasteiger partial charge in [0.25, 0.3) is 5.91 Å². The van der Waals surface area contributed by atoms with Crippen LogP contribution in [0.25, 0.3) is 0 Å². The van der Waals surface area contributed by atoms with E-state index in [0.29, 0.717) is 5.92 Å². The molecule has 5 heteroatoms. The molecule has 0 fully saturated rings. The second-order valence-electron chi connectivity index (χ2n) is 4.61. The summed E-state index contributed by atoms with van der Waals surface area (Å²) in [7, 11) is 0. The van der Waals surface area contributed by atoms with E-state index in [1.54, 1.807) is 0 Å². The molecule has 1 amide bonds. The Kier molecular flexibility index (Phi) is 4.69. The number of carbonyl (C=O) groups is 1. The molecule has 20 heavy (non-hydrogen) atoms. The minimum absolute atomic E-state index is 0.236. The van der Waals surface area contributed by atoms with Gasteiger partial charge in [-0.15, -0.1) is 0 Å². The largest absolute Gasteiger partial charge is 0.321 e. The van der Waals surface area contributed by atoms with Gasteiger partial charge in [-0.2, -0.15) is 0 Å². The van der Waals surface area contributed by atoms with Crippen molar-refractivity contribution in [3.63, 3.8) is 0 Å². The van der Waals surface area contributed by atoms with Crippen molar-refractivity contribution < 1.29 is 4.79 Å². The Balaban J connectivity index is 2.06. The third-order valence-corrected chi connectivity index (χ3v) is 3.40. The van der Waals surface area contributed by atoms with Crippen LogP contribution in [0.3, 0.4) is 0 Å². The Morgan fingerprint density at radius 1 is 1.25 bits per heavy atom. The highest BCUT2D eigenvalue weighted by molar-refractivity contribution is 6.29. The first kappa shape index (κ1) is 14.5. The van der Waals surface area contributed by atoms with Crippen LogP contribution in [-0.4, -0.2) is 15.9 Å². The van der Waals surface area contributed by atoms with Crippen molar-refractivity contribution in [2.45, 2.75) is 26.2 Å². The van der Waals surface area contributed by atoms with E-state index in [1.807, 2.05) is 24.3 Å². The summed E-state index contributed by atoms with van der Waals surface area (Å²) in [6.45, 7) is 4.33. The Morgan fingerprint density at radius 3 is 2.50 bits per heavy atom. The quantitative estimate of drug-likeness (QED) is 0.929. The van der Waals surface area contributed by atoms with Crippen molar-refractivity contribution >= 4 is 23.2 Å². The van der Waals surface area contributed by atoms with E-state index >= 15 is 0 Å². The van der Waals surface area contributed by atoms with E-state index in [-0.39, 0.29) is 16.8 Å². The van der Waals surface area contributed by atoms with Crippen LogP contribution in [0.15, 0.2) is 36.7 Å². The molecule has 1 aromatic heterocycles. The monoisotopic (exact) mass is 289 g/mol. The first-order valence-corrected chi connectivity index (χ1v) is 6.86. The normalized spacial score (nSPS) is 11.9. The van der Waals surface area contributed by atoms with Gasteiger partial charge in [-0.3, -0.25) is 4.79 Å². The molecular weight excluding hydrogens is 274 g/mol. The highest BCUT2D eigenvalue weighted by Gasteiger charge is 2.09. The summed E-state index contributed by atoms with van der Waals surface area (Å²) in [6.07, 6.45) is 3.79. The Labute approximate surface area is 123 Å². The average molecular weight is 290 g/mol. The Bertz CT molecular complexity index is 581. The van der Waals surface area contributed by atoms with Gasteiger partial charge in [0.05, 0.1) is 12.4 Å². The first-order chi connectivity index (χ1) is 9.60. The third kappa shape index (κ3) is 3.54. The smallest absolute Gasteiger partial charge is 0.275 e. The van der Waals surface area contributed by atoms with Crippen LogP contribution in [0.5, 0.6) is 0 Å². The fourth-order valence-electron chi connectivity index (χ4n) is 1.76. The Hall–Kier alpha value is -1.94. The maximum Gasteiger partial charge on any atom is 0.275 e. The maximum atomic E-state index is 11.9. The molecule has 1 atom stereocenters. The number of hydrogen-bond donors (Lipinski definition) is 1. The summed E-state index contributed by atoms with van der Waals surface area (Å²) in [6, 6.07) is 7.83. The number of nitrogens with one attached hydrogen (secondary N) is 1. The molecule has 1 aromatic carbocycles. The first-order valence-electron chi connectivity index (χ1n) is 6.49. The summed E-state index contributed by atoms with van der Waals surface area (Å²) in [5, 5.41) is 3.04. The van der Waals surface area contributed by atoms with Crippen molar-refractivity contribution in [2.75, 3.05) is 5.32 Å². The van der Waals surface area contributed by atoms with Crippen molar-refractivity contribution in [3.8, 4) is 0 Å². The van der Waals surface area contributed by atoms with Crippen LogP contribution in [0, 0.1) is 0 Å². The zero-order chi connectivity index (χ0) is 14.5. The number of carbonyl (C=O) groups excluding carboxylic acids is 1. The minimum Gasteiger partial charge on any atom is -0.321 e. The number of amides is 1. The molecule has 1 unspecified atom stereocenters. The van der Waals surface area contributed by atoms with Gasteiger partial charge in [0.1, 0.15) is 10.8 Å². The number of hydrogen-bond acceptors (Lipinski definition) is 3. The molecule has 1 heterocycles. The highest BCUT2D eigenvalue weighted by atomic mass is 35.5. The molecule has 2 rings (SSSR count). The van der Waals surface area contributed by atoms with Crippen molar-refractivity contribution in [1.82, 2.24) is 9.97 Å². The van der Waals surface area contributed by atoms with Crippen LogP contribution < -0.4 is 5.32 Å². The molecule has 1 N–H and O–H groups in total. The zero-order valence-electron chi connectivity index (χ0n) is 11.4. The number of benzene rings is 1. The van der Waals surface area contributed by atoms with Gasteiger partial charge in [0.2, 0.25) is 0 Å². The summed E-state index contributed by atoms with van der Waals surface area (Å²) in [5.41, 5.74) is 2.23. The summed E-state index contributed by atoms with van der Waals surface area (Å²) in [4.78, 5) is 19.7.